The molecule has 4 heterocycles. The summed E-state index contributed by atoms with van der Waals surface area (Å²) in [6.45, 7) is 11.9. The zero-order valence-corrected chi connectivity index (χ0v) is 25.7. The first kappa shape index (κ1) is 27.6. The number of benzene rings is 1. The van der Waals surface area contributed by atoms with Crippen LogP contribution in [0.2, 0.25) is 0 Å². The number of pyridine rings is 1. The van der Waals surface area contributed by atoms with E-state index >= 15 is 0 Å². The van der Waals surface area contributed by atoms with Crippen LogP contribution in [0.1, 0.15) is 70.9 Å². The van der Waals surface area contributed by atoms with Gasteiger partial charge < -0.3 is 9.42 Å². The Morgan fingerprint density at radius 2 is 1.85 bits per heavy atom. The molecular weight excluding hydrogens is 530 g/mol. The largest absolute Gasteiger partial charge is 0.361 e. The predicted octanol–water partition coefficient (Wildman–Crippen LogP) is 7.51. The molecule has 1 aliphatic rings. The van der Waals surface area contributed by atoms with Crippen molar-refractivity contribution in [2.45, 2.75) is 72.1 Å². The molecule has 0 radical (unpaired) electrons. The first-order chi connectivity index (χ1) is 19.5. The maximum atomic E-state index is 12.7. The summed E-state index contributed by atoms with van der Waals surface area (Å²) in [4.78, 5) is 26.8. The molecule has 214 valence electrons. The van der Waals surface area contributed by atoms with Gasteiger partial charge in [-0.25, -0.2) is 9.97 Å². The highest BCUT2D eigenvalue weighted by atomic mass is 32.1. The molecule has 0 saturated heterocycles. The van der Waals surface area contributed by atoms with Crippen LogP contribution in [0.25, 0.3) is 26.6 Å². The van der Waals surface area contributed by atoms with Crippen LogP contribution < -0.4 is 4.90 Å². The number of imidazole rings is 1. The van der Waals surface area contributed by atoms with Gasteiger partial charge in [-0.1, -0.05) is 75.4 Å². The lowest BCUT2D eigenvalue weighted by molar-refractivity contribution is -0.117. The SMILES string of the molecule is CC(C)CC1(CN(C)c2ccc3c(n2)sc2nc(-c4ccc(CC(=O)Cc5cc(C(C)(C)C)on5)cc4)cn23)CC1. The molecular formula is C33H39N5O2S. The van der Waals surface area contributed by atoms with E-state index in [0.29, 0.717) is 17.5 Å². The van der Waals surface area contributed by atoms with Gasteiger partial charge >= 0.3 is 0 Å². The number of hydrogen-bond donors (Lipinski definition) is 0. The number of carbonyl (C=O) groups is 1. The van der Waals surface area contributed by atoms with Crippen molar-refractivity contribution in [3.8, 4) is 11.3 Å². The van der Waals surface area contributed by atoms with Crippen molar-refractivity contribution in [1.29, 1.82) is 0 Å². The van der Waals surface area contributed by atoms with Gasteiger partial charge in [0.05, 0.1) is 23.3 Å². The van der Waals surface area contributed by atoms with Crippen LogP contribution in [0.3, 0.4) is 0 Å². The van der Waals surface area contributed by atoms with Gasteiger partial charge in [-0.3, -0.25) is 9.20 Å². The van der Waals surface area contributed by atoms with Gasteiger partial charge in [-0.2, -0.15) is 0 Å². The van der Waals surface area contributed by atoms with E-state index in [-0.39, 0.29) is 17.6 Å². The van der Waals surface area contributed by atoms with Gasteiger partial charge in [-0.15, -0.1) is 0 Å². The lowest BCUT2D eigenvalue weighted by Crippen LogP contribution is -2.28. The van der Waals surface area contributed by atoms with Gasteiger partial charge in [0.15, 0.2) is 4.96 Å². The average Bonchev–Trinajstić information content (AvgIpc) is 3.22. The van der Waals surface area contributed by atoms with E-state index in [2.05, 4.69) is 74.5 Å². The van der Waals surface area contributed by atoms with Crippen molar-refractivity contribution in [2.24, 2.45) is 11.3 Å². The highest BCUT2D eigenvalue weighted by Gasteiger charge is 2.43. The smallest absolute Gasteiger partial charge is 0.196 e. The van der Waals surface area contributed by atoms with Gasteiger partial charge in [0.1, 0.15) is 22.2 Å². The molecule has 0 unspecified atom stereocenters. The van der Waals surface area contributed by atoms with Crippen LogP contribution in [0.15, 0.2) is 53.2 Å². The fourth-order valence-corrected chi connectivity index (χ4v) is 6.79. The average molecular weight is 570 g/mol. The molecule has 1 aliphatic carbocycles. The number of rotatable bonds is 10. The van der Waals surface area contributed by atoms with Crippen molar-refractivity contribution in [2.75, 3.05) is 18.5 Å². The Kier molecular flexibility index (Phi) is 7.00. The molecule has 4 aromatic heterocycles. The summed E-state index contributed by atoms with van der Waals surface area (Å²) in [6, 6.07) is 14.3. The Labute approximate surface area is 245 Å². The van der Waals surface area contributed by atoms with E-state index in [0.717, 1.165) is 56.2 Å². The molecule has 5 aromatic rings. The fraction of sp³-hybridized carbons (Fsp3) is 0.455. The number of hydrogen-bond acceptors (Lipinski definition) is 7. The molecule has 8 heteroatoms. The summed E-state index contributed by atoms with van der Waals surface area (Å²) in [5.74, 6) is 2.67. The highest BCUT2D eigenvalue weighted by Crippen LogP contribution is 2.51. The maximum Gasteiger partial charge on any atom is 0.196 e. The molecule has 0 amide bonds. The standard InChI is InChI=1S/C33H39N5O2S/c1-21(2)18-33(13-14-33)20-37(6)29-12-11-27-30(35-29)41-31-34-26(19-38(27)31)23-9-7-22(8-10-23)15-25(39)16-24-17-28(40-36-24)32(3,4)5/h7-12,17,19,21H,13-16,18,20H2,1-6H3. The number of fused-ring (bicyclic) bond motifs is 3. The zero-order chi connectivity index (χ0) is 28.9. The molecule has 0 N–H and O–H groups in total. The van der Waals surface area contributed by atoms with E-state index in [4.69, 9.17) is 14.5 Å². The number of aromatic nitrogens is 4. The summed E-state index contributed by atoms with van der Waals surface area (Å²) >= 11 is 1.62. The second-order valence-corrected chi connectivity index (χ2v) is 14.3. The van der Waals surface area contributed by atoms with Crippen LogP contribution >= 0.6 is 11.3 Å². The third kappa shape index (κ3) is 5.94. The summed E-state index contributed by atoms with van der Waals surface area (Å²) in [7, 11) is 2.17. The van der Waals surface area contributed by atoms with Gasteiger partial charge in [-0.05, 0) is 48.3 Å². The monoisotopic (exact) mass is 569 g/mol. The predicted molar refractivity (Wildman–Crippen MR) is 166 cm³/mol. The molecule has 0 bridgehead atoms. The number of Topliss-reactive ketones (excluding diaryl/α,β-unsaturated/α-hetero) is 1. The second-order valence-electron chi connectivity index (χ2n) is 13.4. The number of thiazole rings is 1. The Bertz CT molecular complexity index is 1700. The lowest BCUT2D eigenvalue weighted by Gasteiger charge is -2.26. The first-order valence-electron chi connectivity index (χ1n) is 14.5. The quantitative estimate of drug-likeness (QED) is 0.173. The van der Waals surface area contributed by atoms with Crippen molar-refractivity contribution in [3.05, 3.63) is 65.7 Å². The van der Waals surface area contributed by atoms with Gasteiger partial charge in [0.25, 0.3) is 0 Å². The molecule has 7 nitrogen and oxygen atoms in total. The Hall–Kier alpha value is -3.52. The summed E-state index contributed by atoms with van der Waals surface area (Å²) in [5, 5.41) is 4.08. The lowest BCUT2D eigenvalue weighted by atomic mass is 9.93. The summed E-state index contributed by atoms with van der Waals surface area (Å²) in [5.41, 5.74) is 5.03. The minimum atomic E-state index is -0.124. The van der Waals surface area contributed by atoms with Crippen LogP contribution in [0.5, 0.6) is 0 Å². The number of carbonyl (C=O) groups excluding carboxylic acids is 1. The topological polar surface area (TPSA) is 76.5 Å². The molecule has 0 atom stereocenters. The summed E-state index contributed by atoms with van der Waals surface area (Å²) < 4.78 is 7.55. The number of ketones is 1. The molecule has 6 rings (SSSR count). The minimum Gasteiger partial charge on any atom is -0.361 e. The zero-order valence-electron chi connectivity index (χ0n) is 24.9. The summed E-state index contributed by atoms with van der Waals surface area (Å²) in [6.07, 6.45) is 6.65. The van der Waals surface area contributed by atoms with Crippen molar-refractivity contribution >= 4 is 38.2 Å². The molecule has 41 heavy (non-hydrogen) atoms. The Morgan fingerprint density at radius 3 is 2.51 bits per heavy atom. The van der Waals surface area contributed by atoms with Gasteiger partial charge in [0, 0.05) is 43.3 Å². The molecule has 1 fully saturated rings. The molecule has 1 saturated carbocycles. The third-order valence-corrected chi connectivity index (χ3v) is 9.00. The van der Waals surface area contributed by atoms with E-state index < -0.39 is 0 Å². The maximum absolute atomic E-state index is 12.7. The fourth-order valence-electron chi connectivity index (χ4n) is 5.82. The van der Waals surface area contributed by atoms with Crippen LogP contribution in [-0.4, -0.2) is 38.9 Å². The molecule has 0 aliphatic heterocycles. The van der Waals surface area contributed by atoms with Gasteiger partial charge in [0.2, 0.25) is 0 Å². The van der Waals surface area contributed by atoms with Crippen LogP contribution in [0, 0.1) is 11.3 Å². The number of nitrogens with zero attached hydrogens (tertiary/aromatic N) is 5. The van der Waals surface area contributed by atoms with Crippen molar-refractivity contribution in [1.82, 2.24) is 19.5 Å². The van der Waals surface area contributed by atoms with Crippen LogP contribution in [-0.2, 0) is 23.1 Å². The second kappa shape index (κ2) is 10.4. The first-order valence-corrected chi connectivity index (χ1v) is 15.4. The van der Waals surface area contributed by atoms with Crippen LogP contribution in [0.4, 0.5) is 5.82 Å². The van der Waals surface area contributed by atoms with Crippen molar-refractivity contribution < 1.29 is 9.32 Å². The number of anilines is 1. The van der Waals surface area contributed by atoms with Crippen molar-refractivity contribution in [3.63, 3.8) is 0 Å². The van der Waals surface area contributed by atoms with E-state index in [1.54, 1.807) is 11.3 Å². The van der Waals surface area contributed by atoms with E-state index in [1.807, 2.05) is 30.3 Å². The minimum absolute atomic E-state index is 0.116. The Balaban J connectivity index is 1.12. The third-order valence-electron chi connectivity index (χ3n) is 8.04. The normalized spacial score (nSPS) is 14.8. The Morgan fingerprint density at radius 1 is 1.10 bits per heavy atom. The van der Waals surface area contributed by atoms with E-state index in [1.165, 1.54) is 19.3 Å². The molecule has 1 aromatic carbocycles. The highest BCUT2D eigenvalue weighted by molar-refractivity contribution is 7.23. The molecule has 0 spiro atoms. The van der Waals surface area contributed by atoms with E-state index in [9.17, 15) is 4.79 Å².